The largest absolute Gasteiger partial charge is 0.496 e. The van der Waals surface area contributed by atoms with Crippen LogP contribution in [0.4, 0.5) is 0 Å². The molecule has 1 aliphatic rings. The Kier molecular flexibility index (Phi) is 7.11. The zero-order chi connectivity index (χ0) is 18.9. The van der Waals surface area contributed by atoms with Crippen molar-refractivity contribution in [2.45, 2.75) is 32.0 Å². The van der Waals surface area contributed by atoms with Crippen LogP contribution in [0.25, 0.3) is 0 Å². The summed E-state index contributed by atoms with van der Waals surface area (Å²) in [6, 6.07) is 19.3. The predicted octanol–water partition coefficient (Wildman–Crippen LogP) is 3.02. The molecule has 144 valence electrons. The van der Waals surface area contributed by atoms with Crippen molar-refractivity contribution in [2.75, 3.05) is 27.2 Å². The Morgan fingerprint density at radius 1 is 1.11 bits per heavy atom. The average molecular weight is 367 g/mol. The van der Waals surface area contributed by atoms with Gasteiger partial charge >= 0.3 is 0 Å². The molecule has 0 radical (unpaired) electrons. The van der Waals surface area contributed by atoms with E-state index in [9.17, 15) is 0 Å². The number of guanidine groups is 1. The number of hydrogen-bond donors (Lipinski definition) is 2. The highest BCUT2D eigenvalue weighted by atomic mass is 16.5. The molecular formula is C22H30N4O. The third-order valence-corrected chi connectivity index (χ3v) is 5.10. The molecule has 1 fully saturated rings. The third kappa shape index (κ3) is 5.47. The number of para-hydroxylation sites is 1. The van der Waals surface area contributed by atoms with E-state index in [1.165, 1.54) is 18.4 Å². The summed E-state index contributed by atoms with van der Waals surface area (Å²) in [6.07, 6.45) is 2.48. The minimum absolute atomic E-state index is 0.537. The van der Waals surface area contributed by atoms with E-state index in [0.717, 1.165) is 36.9 Å². The molecule has 2 N–H and O–H groups in total. The van der Waals surface area contributed by atoms with Crippen LogP contribution in [0.2, 0.25) is 0 Å². The summed E-state index contributed by atoms with van der Waals surface area (Å²) in [7, 11) is 3.52. The van der Waals surface area contributed by atoms with Crippen LogP contribution in [0, 0.1) is 0 Å². The van der Waals surface area contributed by atoms with Crippen LogP contribution in [-0.2, 0) is 13.1 Å². The average Bonchev–Trinajstić information content (AvgIpc) is 3.16. The first-order valence-corrected chi connectivity index (χ1v) is 9.64. The molecule has 5 heteroatoms. The van der Waals surface area contributed by atoms with Gasteiger partial charge in [-0.1, -0.05) is 48.5 Å². The van der Waals surface area contributed by atoms with Gasteiger partial charge in [0.1, 0.15) is 5.75 Å². The van der Waals surface area contributed by atoms with Crippen LogP contribution in [0.15, 0.2) is 59.6 Å². The van der Waals surface area contributed by atoms with Gasteiger partial charge in [-0.15, -0.1) is 0 Å². The van der Waals surface area contributed by atoms with E-state index in [4.69, 9.17) is 4.74 Å². The van der Waals surface area contributed by atoms with Crippen molar-refractivity contribution in [2.24, 2.45) is 4.99 Å². The molecule has 1 unspecified atom stereocenters. The quantitative estimate of drug-likeness (QED) is 0.584. The van der Waals surface area contributed by atoms with Crippen molar-refractivity contribution < 1.29 is 4.74 Å². The Labute approximate surface area is 162 Å². The van der Waals surface area contributed by atoms with Crippen LogP contribution in [0.3, 0.4) is 0 Å². The van der Waals surface area contributed by atoms with E-state index in [1.54, 1.807) is 7.11 Å². The van der Waals surface area contributed by atoms with Gasteiger partial charge < -0.3 is 15.4 Å². The first-order chi connectivity index (χ1) is 13.3. The normalized spacial score (nSPS) is 17.7. The first-order valence-electron chi connectivity index (χ1n) is 9.64. The summed E-state index contributed by atoms with van der Waals surface area (Å²) < 4.78 is 5.42. The zero-order valence-electron chi connectivity index (χ0n) is 16.3. The Morgan fingerprint density at radius 2 is 1.89 bits per heavy atom. The lowest BCUT2D eigenvalue weighted by Crippen LogP contribution is -2.44. The molecule has 0 saturated carbocycles. The molecule has 0 aliphatic carbocycles. The molecule has 27 heavy (non-hydrogen) atoms. The fourth-order valence-corrected chi connectivity index (χ4v) is 3.62. The van der Waals surface area contributed by atoms with E-state index >= 15 is 0 Å². The number of aliphatic imine (C=N–C) groups is 1. The summed E-state index contributed by atoms with van der Waals surface area (Å²) in [6.45, 7) is 3.76. The van der Waals surface area contributed by atoms with E-state index < -0.39 is 0 Å². The molecule has 2 aromatic carbocycles. The maximum absolute atomic E-state index is 5.42. The highest BCUT2D eigenvalue weighted by Gasteiger charge is 2.24. The number of likely N-dealkylation sites (tertiary alicyclic amines) is 1. The van der Waals surface area contributed by atoms with E-state index in [-0.39, 0.29) is 0 Å². The zero-order valence-corrected chi connectivity index (χ0v) is 16.3. The molecule has 3 rings (SSSR count). The topological polar surface area (TPSA) is 48.9 Å². The van der Waals surface area contributed by atoms with Crippen molar-refractivity contribution in [1.82, 2.24) is 15.5 Å². The van der Waals surface area contributed by atoms with E-state index in [2.05, 4.69) is 56.9 Å². The van der Waals surface area contributed by atoms with Crippen LogP contribution in [-0.4, -0.2) is 44.1 Å². The Balaban J connectivity index is 1.50. The van der Waals surface area contributed by atoms with Crippen molar-refractivity contribution in [3.63, 3.8) is 0 Å². The highest BCUT2D eigenvalue weighted by Crippen LogP contribution is 2.19. The minimum Gasteiger partial charge on any atom is -0.496 e. The second-order valence-electron chi connectivity index (χ2n) is 6.87. The van der Waals surface area contributed by atoms with Gasteiger partial charge in [0.05, 0.1) is 7.11 Å². The molecule has 5 nitrogen and oxygen atoms in total. The lowest BCUT2D eigenvalue weighted by Gasteiger charge is -2.25. The molecule has 2 aromatic rings. The minimum atomic E-state index is 0.537. The smallest absolute Gasteiger partial charge is 0.191 e. The molecule has 0 amide bonds. The molecule has 1 aliphatic heterocycles. The van der Waals surface area contributed by atoms with Gasteiger partial charge in [0, 0.05) is 38.3 Å². The lowest BCUT2D eigenvalue weighted by atomic mass is 10.2. The molecule has 1 heterocycles. The summed E-state index contributed by atoms with van der Waals surface area (Å²) in [4.78, 5) is 6.93. The van der Waals surface area contributed by atoms with Crippen molar-refractivity contribution in [1.29, 1.82) is 0 Å². The van der Waals surface area contributed by atoms with Crippen molar-refractivity contribution in [3.05, 3.63) is 65.7 Å². The molecule has 0 bridgehead atoms. The highest BCUT2D eigenvalue weighted by molar-refractivity contribution is 5.79. The maximum atomic E-state index is 5.42. The van der Waals surface area contributed by atoms with E-state index in [1.807, 2.05) is 25.2 Å². The Hall–Kier alpha value is -2.53. The number of methoxy groups -OCH3 is 1. The number of ether oxygens (including phenoxy) is 1. The van der Waals surface area contributed by atoms with Gasteiger partial charge in [-0.25, -0.2) is 0 Å². The summed E-state index contributed by atoms with van der Waals surface area (Å²) >= 11 is 0. The molecular weight excluding hydrogens is 336 g/mol. The molecule has 1 saturated heterocycles. The van der Waals surface area contributed by atoms with Gasteiger partial charge in [0.25, 0.3) is 0 Å². The van der Waals surface area contributed by atoms with Gasteiger partial charge in [-0.3, -0.25) is 9.89 Å². The SMILES string of the molecule is CN=C(NCc1ccccc1OC)NCC1CCCN1Cc1ccccc1. The Morgan fingerprint density at radius 3 is 2.67 bits per heavy atom. The third-order valence-electron chi connectivity index (χ3n) is 5.10. The predicted molar refractivity (Wildman–Crippen MR) is 111 cm³/mol. The number of rotatable bonds is 7. The number of benzene rings is 2. The van der Waals surface area contributed by atoms with Gasteiger partial charge in [0.2, 0.25) is 0 Å². The van der Waals surface area contributed by atoms with E-state index in [0.29, 0.717) is 12.6 Å². The van der Waals surface area contributed by atoms with Gasteiger partial charge in [0.15, 0.2) is 5.96 Å². The summed E-state index contributed by atoms with van der Waals surface area (Å²) in [5.41, 5.74) is 2.50. The Bertz CT molecular complexity index is 732. The van der Waals surface area contributed by atoms with Crippen LogP contribution in [0.5, 0.6) is 5.75 Å². The first kappa shape index (κ1) is 19.2. The fourth-order valence-electron chi connectivity index (χ4n) is 3.62. The van der Waals surface area contributed by atoms with Crippen molar-refractivity contribution in [3.8, 4) is 5.75 Å². The summed E-state index contributed by atoms with van der Waals surface area (Å²) in [5, 5.41) is 6.88. The second-order valence-corrected chi connectivity index (χ2v) is 6.87. The van der Waals surface area contributed by atoms with Crippen LogP contribution >= 0.6 is 0 Å². The number of nitrogens with zero attached hydrogens (tertiary/aromatic N) is 2. The van der Waals surface area contributed by atoms with Gasteiger partial charge in [-0.2, -0.15) is 0 Å². The summed E-state index contributed by atoms with van der Waals surface area (Å²) in [5.74, 6) is 1.72. The monoisotopic (exact) mass is 366 g/mol. The maximum Gasteiger partial charge on any atom is 0.191 e. The molecule has 0 aromatic heterocycles. The molecule has 0 spiro atoms. The fraction of sp³-hybridized carbons (Fsp3) is 0.409. The van der Waals surface area contributed by atoms with Gasteiger partial charge in [-0.05, 0) is 31.0 Å². The second kappa shape index (κ2) is 9.97. The number of nitrogens with one attached hydrogen (secondary N) is 2. The van der Waals surface area contributed by atoms with Crippen LogP contribution in [0.1, 0.15) is 24.0 Å². The standard InChI is InChI=1S/C22H30N4O/c1-23-22(24-15-19-11-6-7-13-21(19)27-2)25-16-20-12-8-14-26(20)17-18-9-4-3-5-10-18/h3-7,9-11,13,20H,8,12,14-17H2,1-2H3,(H2,23,24,25). The van der Waals surface area contributed by atoms with Crippen molar-refractivity contribution >= 4 is 5.96 Å². The van der Waals surface area contributed by atoms with Crippen LogP contribution < -0.4 is 15.4 Å². The lowest BCUT2D eigenvalue weighted by molar-refractivity contribution is 0.245. The number of hydrogen-bond acceptors (Lipinski definition) is 3. The molecule has 1 atom stereocenters.